The van der Waals surface area contributed by atoms with Crippen LogP contribution in [0.4, 0.5) is 0 Å². The van der Waals surface area contributed by atoms with E-state index in [-0.39, 0.29) is 22.5 Å². The Labute approximate surface area is 130 Å². The molecule has 0 radical (unpaired) electrons. The number of fused-ring (bicyclic) bond motifs is 1. The van der Waals surface area contributed by atoms with Crippen LogP contribution in [0.2, 0.25) is 0 Å². The lowest BCUT2D eigenvalue weighted by Gasteiger charge is -2.42. The van der Waals surface area contributed by atoms with E-state index in [4.69, 9.17) is 0 Å². The molecule has 0 amide bonds. The topological polar surface area (TPSA) is 17.1 Å². The Morgan fingerprint density at radius 3 is 1.95 bits per heavy atom. The average molecular weight is 286 g/mol. The van der Waals surface area contributed by atoms with E-state index in [1.807, 2.05) is 13.8 Å². The van der Waals surface area contributed by atoms with Crippen LogP contribution in [-0.2, 0) is 17.3 Å². The highest BCUT2D eigenvalue weighted by atomic mass is 16.1. The Kier molecular flexibility index (Phi) is 4.08. The summed E-state index contributed by atoms with van der Waals surface area (Å²) in [6.07, 6.45) is 3.33. The molecule has 0 saturated heterocycles. The number of benzene rings is 1. The standard InChI is InChI=1S/C20H30O/c1-8-14-11-16-17(12-15(14)18(21)13(2)3)20(6,7)10-9-19(16,4)5/h11-13H,8-10H2,1-7H3. The predicted octanol–water partition coefficient (Wildman–Crippen LogP) is 5.44. The number of rotatable bonds is 3. The molecule has 1 aromatic rings. The third-order valence-electron chi connectivity index (χ3n) is 5.25. The molecule has 0 atom stereocenters. The van der Waals surface area contributed by atoms with Gasteiger partial charge in [0.05, 0.1) is 0 Å². The first-order valence-corrected chi connectivity index (χ1v) is 8.32. The van der Waals surface area contributed by atoms with Gasteiger partial charge in [-0.1, -0.05) is 54.5 Å². The van der Waals surface area contributed by atoms with E-state index in [9.17, 15) is 4.79 Å². The van der Waals surface area contributed by atoms with Gasteiger partial charge < -0.3 is 0 Å². The van der Waals surface area contributed by atoms with E-state index in [1.165, 1.54) is 29.5 Å². The van der Waals surface area contributed by atoms with E-state index in [2.05, 4.69) is 46.8 Å². The lowest BCUT2D eigenvalue weighted by atomic mass is 9.62. The zero-order valence-electron chi connectivity index (χ0n) is 14.8. The first-order chi connectivity index (χ1) is 9.60. The lowest BCUT2D eigenvalue weighted by Crippen LogP contribution is -2.34. The van der Waals surface area contributed by atoms with Crippen LogP contribution in [0.25, 0.3) is 0 Å². The summed E-state index contributed by atoms with van der Waals surface area (Å²) in [5.41, 5.74) is 5.41. The minimum atomic E-state index is 0.0630. The van der Waals surface area contributed by atoms with Gasteiger partial charge in [0.2, 0.25) is 0 Å². The molecule has 1 aromatic carbocycles. The fourth-order valence-corrected chi connectivity index (χ4v) is 3.49. The molecule has 116 valence electrons. The molecule has 21 heavy (non-hydrogen) atoms. The van der Waals surface area contributed by atoms with Crippen molar-refractivity contribution in [2.24, 2.45) is 5.92 Å². The van der Waals surface area contributed by atoms with Crippen LogP contribution in [0.5, 0.6) is 0 Å². The summed E-state index contributed by atoms with van der Waals surface area (Å²) in [4.78, 5) is 12.6. The van der Waals surface area contributed by atoms with E-state index >= 15 is 0 Å². The van der Waals surface area contributed by atoms with Crippen LogP contribution in [0, 0.1) is 5.92 Å². The largest absolute Gasteiger partial charge is 0.294 e. The molecule has 0 aromatic heterocycles. The van der Waals surface area contributed by atoms with E-state index < -0.39 is 0 Å². The molecule has 1 aliphatic rings. The number of carbonyl (C=O) groups is 1. The van der Waals surface area contributed by atoms with E-state index in [0.717, 1.165) is 12.0 Å². The number of ketones is 1. The van der Waals surface area contributed by atoms with Gasteiger partial charge >= 0.3 is 0 Å². The molecule has 1 aliphatic carbocycles. The van der Waals surface area contributed by atoms with E-state index in [1.54, 1.807) is 0 Å². The Morgan fingerprint density at radius 2 is 1.52 bits per heavy atom. The number of aryl methyl sites for hydroxylation is 1. The first kappa shape index (κ1) is 16.3. The molecule has 0 fully saturated rings. The van der Waals surface area contributed by atoms with Crippen LogP contribution in [-0.4, -0.2) is 5.78 Å². The molecular weight excluding hydrogens is 256 g/mol. The fourth-order valence-electron chi connectivity index (χ4n) is 3.49. The van der Waals surface area contributed by atoms with Crippen LogP contribution >= 0.6 is 0 Å². The average Bonchev–Trinajstić information content (AvgIpc) is 2.41. The zero-order chi connectivity index (χ0) is 16.0. The van der Waals surface area contributed by atoms with Gasteiger partial charge in [-0.3, -0.25) is 4.79 Å². The van der Waals surface area contributed by atoms with Crippen molar-refractivity contribution in [2.75, 3.05) is 0 Å². The SMILES string of the molecule is CCc1cc2c(cc1C(=O)C(C)C)C(C)(C)CCC2(C)C. The molecular formula is C20H30O. The van der Waals surface area contributed by atoms with E-state index in [0.29, 0.717) is 0 Å². The summed E-state index contributed by atoms with van der Waals surface area (Å²) in [7, 11) is 0. The normalized spacial score (nSPS) is 19.4. The smallest absolute Gasteiger partial charge is 0.165 e. The molecule has 0 spiro atoms. The summed E-state index contributed by atoms with van der Waals surface area (Å²) >= 11 is 0. The van der Waals surface area contributed by atoms with Crippen LogP contribution in [0.1, 0.15) is 88.4 Å². The van der Waals surface area contributed by atoms with Crippen LogP contribution in [0.15, 0.2) is 12.1 Å². The monoisotopic (exact) mass is 286 g/mol. The molecule has 2 rings (SSSR count). The van der Waals surface area contributed by atoms with Gasteiger partial charge in [0.15, 0.2) is 5.78 Å². The Balaban J connectivity index is 2.71. The van der Waals surface area contributed by atoms with Gasteiger partial charge in [0, 0.05) is 11.5 Å². The number of carbonyl (C=O) groups excluding carboxylic acids is 1. The number of Topliss-reactive ketones (excluding diaryl/α,β-unsaturated/α-hetero) is 1. The molecule has 1 nitrogen and oxygen atoms in total. The molecule has 0 N–H and O–H groups in total. The van der Waals surface area contributed by atoms with Crippen molar-refractivity contribution in [1.82, 2.24) is 0 Å². The van der Waals surface area contributed by atoms with Gasteiger partial charge in [-0.2, -0.15) is 0 Å². The summed E-state index contributed by atoms with van der Waals surface area (Å²) < 4.78 is 0. The Hall–Kier alpha value is -1.11. The maximum atomic E-state index is 12.6. The molecule has 0 bridgehead atoms. The summed E-state index contributed by atoms with van der Waals surface area (Å²) in [5.74, 6) is 0.349. The van der Waals surface area contributed by atoms with Gasteiger partial charge in [0.1, 0.15) is 0 Å². The van der Waals surface area contributed by atoms with Gasteiger partial charge in [-0.15, -0.1) is 0 Å². The van der Waals surface area contributed by atoms with Gasteiger partial charge in [-0.05, 0) is 52.8 Å². The highest BCUT2D eigenvalue weighted by Gasteiger charge is 2.38. The van der Waals surface area contributed by atoms with Gasteiger partial charge in [0.25, 0.3) is 0 Å². The summed E-state index contributed by atoms with van der Waals surface area (Å²) in [5, 5.41) is 0. The molecule has 0 unspecified atom stereocenters. The Bertz CT molecular complexity index is 561. The quantitative estimate of drug-likeness (QED) is 0.676. The second-order valence-corrected chi connectivity index (χ2v) is 8.20. The minimum absolute atomic E-state index is 0.0630. The van der Waals surface area contributed by atoms with Crippen LogP contribution in [0.3, 0.4) is 0 Å². The maximum absolute atomic E-state index is 12.6. The molecule has 0 aliphatic heterocycles. The molecule has 0 saturated carbocycles. The highest BCUT2D eigenvalue weighted by Crippen LogP contribution is 2.46. The second-order valence-electron chi connectivity index (χ2n) is 8.20. The summed E-state index contributed by atoms with van der Waals surface area (Å²) in [6.45, 7) is 15.5. The lowest BCUT2D eigenvalue weighted by molar-refractivity contribution is 0.0938. The fraction of sp³-hybridized carbons (Fsp3) is 0.650. The van der Waals surface area contributed by atoms with Crippen molar-refractivity contribution in [3.63, 3.8) is 0 Å². The highest BCUT2D eigenvalue weighted by molar-refractivity contribution is 5.99. The third kappa shape index (κ3) is 2.80. The molecule has 1 heteroatoms. The second kappa shape index (κ2) is 5.26. The van der Waals surface area contributed by atoms with Crippen molar-refractivity contribution in [2.45, 2.75) is 78.6 Å². The molecule has 0 heterocycles. The number of hydrogen-bond donors (Lipinski definition) is 0. The van der Waals surface area contributed by atoms with Crippen LogP contribution < -0.4 is 0 Å². The van der Waals surface area contributed by atoms with Crippen molar-refractivity contribution in [1.29, 1.82) is 0 Å². The Morgan fingerprint density at radius 1 is 1.05 bits per heavy atom. The third-order valence-corrected chi connectivity index (χ3v) is 5.25. The first-order valence-electron chi connectivity index (χ1n) is 8.32. The van der Waals surface area contributed by atoms with Crippen molar-refractivity contribution in [3.8, 4) is 0 Å². The van der Waals surface area contributed by atoms with Gasteiger partial charge in [-0.25, -0.2) is 0 Å². The predicted molar refractivity (Wildman–Crippen MR) is 90.3 cm³/mol. The summed E-state index contributed by atoms with van der Waals surface area (Å²) in [6, 6.07) is 4.54. The number of hydrogen-bond acceptors (Lipinski definition) is 1. The maximum Gasteiger partial charge on any atom is 0.165 e. The van der Waals surface area contributed by atoms with Crippen molar-refractivity contribution in [3.05, 3.63) is 34.4 Å². The van der Waals surface area contributed by atoms with Crippen molar-refractivity contribution < 1.29 is 4.79 Å². The van der Waals surface area contributed by atoms with Crippen molar-refractivity contribution >= 4 is 5.78 Å². The zero-order valence-corrected chi connectivity index (χ0v) is 14.8. The minimum Gasteiger partial charge on any atom is -0.294 e.